The minimum atomic E-state index is -4.43. The van der Waals surface area contributed by atoms with Gasteiger partial charge in [-0.05, 0) is 73.4 Å². The van der Waals surface area contributed by atoms with Crippen LogP contribution in [0.3, 0.4) is 0 Å². The predicted molar refractivity (Wildman–Crippen MR) is 146 cm³/mol. The molecule has 1 saturated heterocycles. The van der Waals surface area contributed by atoms with Gasteiger partial charge in [-0.25, -0.2) is 4.39 Å². The van der Waals surface area contributed by atoms with Crippen LogP contribution in [0.1, 0.15) is 46.8 Å². The van der Waals surface area contributed by atoms with Crippen molar-refractivity contribution in [2.24, 2.45) is 5.92 Å². The Morgan fingerprint density at radius 3 is 2.23 bits per heavy atom. The maximum atomic E-state index is 13.5. The Morgan fingerprint density at radius 1 is 0.974 bits per heavy atom. The van der Waals surface area contributed by atoms with Crippen molar-refractivity contribution in [2.75, 3.05) is 38.6 Å². The number of hydrogen-bond donors (Lipinski definition) is 0. The van der Waals surface area contributed by atoms with Gasteiger partial charge in [0.05, 0.1) is 5.56 Å². The molecule has 2 atom stereocenters. The molecule has 1 amide bonds. The molecule has 0 spiro atoms. The van der Waals surface area contributed by atoms with Crippen LogP contribution in [0, 0.1) is 11.7 Å². The summed E-state index contributed by atoms with van der Waals surface area (Å²) in [5, 5.41) is 0. The van der Waals surface area contributed by atoms with Crippen molar-refractivity contribution in [3.05, 3.63) is 101 Å². The molecule has 8 heteroatoms. The molecular weight excluding hydrogens is 506 g/mol. The Morgan fingerprint density at radius 2 is 1.64 bits per heavy atom. The fraction of sp³-hybridized carbons (Fsp3) is 0.387. The van der Waals surface area contributed by atoms with E-state index < -0.39 is 17.6 Å². The second kappa shape index (κ2) is 11.8. The van der Waals surface area contributed by atoms with E-state index in [0.717, 1.165) is 17.3 Å². The molecular formula is C31H35F4N3O. The van der Waals surface area contributed by atoms with E-state index in [1.165, 1.54) is 36.4 Å². The number of rotatable bonds is 8. The lowest BCUT2D eigenvalue weighted by molar-refractivity contribution is -0.137. The lowest BCUT2D eigenvalue weighted by Gasteiger charge is -2.32. The molecule has 0 aliphatic carbocycles. The van der Waals surface area contributed by atoms with E-state index in [1.807, 2.05) is 32.8 Å². The van der Waals surface area contributed by atoms with E-state index >= 15 is 0 Å². The van der Waals surface area contributed by atoms with E-state index in [1.54, 1.807) is 11.0 Å². The fourth-order valence-corrected chi connectivity index (χ4v) is 5.29. The van der Waals surface area contributed by atoms with Gasteiger partial charge in [-0.1, -0.05) is 30.3 Å². The molecule has 1 aliphatic heterocycles. The van der Waals surface area contributed by atoms with E-state index in [-0.39, 0.29) is 23.8 Å². The third-order valence-electron chi connectivity index (χ3n) is 7.42. The molecule has 1 heterocycles. The molecule has 1 fully saturated rings. The number of carbonyl (C=O) groups is 1. The average molecular weight is 542 g/mol. The molecule has 0 saturated carbocycles. The molecule has 0 bridgehead atoms. The van der Waals surface area contributed by atoms with Crippen LogP contribution < -0.4 is 4.90 Å². The summed E-state index contributed by atoms with van der Waals surface area (Å²) in [6, 6.07) is 19.1. The Bertz CT molecular complexity index is 1260. The number of halogens is 4. The summed E-state index contributed by atoms with van der Waals surface area (Å²) < 4.78 is 54.1. The third-order valence-corrected chi connectivity index (χ3v) is 7.42. The van der Waals surface area contributed by atoms with Crippen molar-refractivity contribution < 1.29 is 22.4 Å². The van der Waals surface area contributed by atoms with Crippen LogP contribution in [0.15, 0.2) is 72.8 Å². The van der Waals surface area contributed by atoms with Gasteiger partial charge in [-0.3, -0.25) is 9.69 Å². The van der Waals surface area contributed by atoms with Crippen LogP contribution in [-0.4, -0.2) is 55.5 Å². The quantitative estimate of drug-likeness (QED) is 0.298. The summed E-state index contributed by atoms with van der Waals surface area (Å²) in [5.74, 6) is -0.903. The monoisotopic (exact) mass is 541 g/mol. The van der Waals surface area contributed by atoms with Crippen molar-refractivity contribution in [1.29, 1.82) is 0 Å². The SMILES string of the molecule is CC(C)N(CC1CN(Cc2ccc(N(C)C)cc2)CC1c1cccc(C(F)(F)F)c1)C(=O)c1ccc(F)cc1. The van der Waals surface area contributed by atoms with Gasteiger partial charge in [0.1, 0.15) is 5.82 Å². The highest BCUT2D eigenvalue weighted by molar-refractivity contribution is 5.94. The minimum absolute atomic E-state index is 0.0821. The number of alkyl halides is 3. The van der Waals surface area contributed by atoms with Crippen LogP contribution in [0.2, 0.25) is 0 Å². The van der Waals surface area contributed by atoms with Crippen LogP contribution in [-0.2, 0) is 12.7 Å². The van der Waals surface area contributed by atoms with Crippen molar-refractivity contribution in [1.82, 2.24) is 9.80 Å². The highest BCUT2D eigenvalue weighted by Crippen LogP contribution is 2.38. The number of anilines is 1. The summed E-state index contributed by atoms with van der Waals surface area (Å²) in [7, 11) is 3.96. The van der Waals surface area contributed by atoms with Crippen LogP contribution in [0.25, 0.3) is 0 Å². The molecule has 208 valence electrons. The van der Waals surface area contributed by atoms with Gasteiger partial charge >= 0.3 is 6.18 Å². The van der Waals surface area contributed by atoms with Crippen molar-refractivity contribution >= 4 is 11.6 Å². The predicted octanol–water partition coefficient (Wildman–Crippen LogP) is 6.68. The molecule has 0 N–H and O–H groups in total. The Hall–Kier alpha value is -3.39. The molecule has 3 aromatic rings. The van der Waals surface area contributed by atoms with Gasteiger partial charge in [0, 0.05) is 63.5 Å². The van der Waals surface area contributed by atoms with Crippen LogP contribution in [0.5, 0.6) is 0 Å². The van der Waals surface area contributed by atoms with E-state index in [9.17, 15) is 22.4 Å². The zero-order valence-corrected chi connectivity index (χ0v) is 22.8. The summed E-state index contributed by atoms with van der Waals surface area (Å²) in [4.78, 5) is 19.4. The number of carbonyl (C=O) groups excluding carboxylic acids is 1. The highest BCUT2D eigenvalue weighted by Gasteiger charge is 2.38. The standard InChI is InChI=1S/C31H35F4N3O/c1-21(2)38(30(39)23-10-12-27(32)13-11-23)19-25-18-37(17-22-8-14-28(15-9-22)36(3)4)20-29(25)24-6-5-7-26(16-24)31(33,34)35/h5-16,21,25,29H,17-20H2,1-4H3. The van der Waals surface area contributed by atoms with E-state index in [0.29, 0.717) is 37.3 Å². The van der Waals surface area contributed by atoms with Gasteiger partial charge < -0.3 is 9.80 Å². The Balaban J connectivity index is 1.61. The Kier molecular flexibility index (Phi) is 8.64. The second-order valence-corrected chi connectivity index (χ2v) is 10.8. The van der Waals surface area contributed by atoms with Crippen LogP contribution in [0.4, 0.5) is 23.2 Å². The lowest BCUT2D eigenvalue weighted by Crippen LogP contribution is -2.42. The first-order chi connectivity index (χ1) is 18.4. The van der Waals surface area contributed by atoms with Crippen LogP contribution >= 0.6 is 0 Å². The summed E-state index contributed by atoms with van der Waals surface area (Å²) >= 11 is 0. The number of likely N-dealkylation sites (tertiary alicyclic amines) is 1. The summed E-state index contributed by atoms with van der Waals surface area (Å²) in [6.07, 6.45) is -4.43. The minimum Gasteiger partial charge on any atom is -0.378 e. The molecule has 0 radical (unpaired) electrons. The smallest absolute Gasteiger partial charge is 0.378 e. The van der Waals surface area contributed by atoms with Crippen molar-refractivity contribution in [2.45, 2.75) is 38.5 Å². The van der Waals surface area contributed by atoms with E-state index in [2.05, 4.69) is 29.2 Å². The summed E-state index contributed by atoms with van der Waals surface area (Å²) in [5.41, 5.74) is 2.55. The Labute approximate surface area is 227 Å². The molecule has 0 aromatic heterocycles. The van der Waals surface area contributed by atoms with Gasteiger partial charge in [-0.15, -0.1) is 0 Å². The van der Waals surface area contributed by atoms with E-state index in [4.69, 9.17) is 0 Å². The van der Waals surface area contributed by atoms with Gasteiger partial charge in [0.25, 0.3) is 5.91 Å². The second-order valence-electron chi connectivity index (χ2n) is 10.8. The van der Waals surface area contributed by atoms with Crippen molar-refractivity contribution in [3.63, 3.8) is 0 Å². The van der Waals surface area contributed by atoms with Crippen molar-refractivity contribution in [3.8, 4) is 0 Å². The average Bonchev–Trinajstić information content (AvgIpc) is 3.29. The normalized spacial score (nSPS) is 18.0. The topological polar surface area (TPSA) is 26.8 Å². The third kappa shape index (κ3) is 6.98. The number of nitrogens with zero attached hydrogens (tertiary/aromatic N) is 3. The molecule has 3 aromatic carbocycles. The van der Waals surface area contributed by atoms with Gasteiger partial charge in [0.2, 0.25) is 0 Å². The fourth-order valence-electron chi connectivity index (χ4n) is 5.29. The zero-order chi connectivity index (χ0) is 28.3. The largest absolute Gasteiger partial charge is 0.416 e. The van der Waals surface area contributed by atoms with Gasteiger partial charge in [0.15, 0.2) is 0 Å². The first-order valence-corrected chi connectivity index (χ1v) is 13.1. The number of amides is 1. The molecule has 4 nitrogen and oxygen atoms in total. The first kappa shape index (κ1) is 28.6. The van der Waals surface area contributed by atoms with Gasteiger partial charge in [-0.2, -0.15) is 13.2 Å². The zero-order valence-electron chi connectivity index (χ0n) is 22.8. The number of hydrogen-bond acceptors (Lipinski definition) is 3. The highest BCUT2D eigenvalue weighted by atomic mass is 19.4. The lowest BCUT2D eigenvalue weighted by atomic mass is 9.87. The molecule has 39 heavy (non-hydrogen) atoms. The maximum absolute atomic E-state index is 13.5. The number of benzene rings is 3. The molecule has 1 aliphatic rings. The maximum Gasteiger partial charge on any atom is 0.416 e. The first-order valence-electron chi connectivity index (χ1n) is 13.1. The molecule has 4 rings (SSSR count). The summed E-state index contributed by atoms with van der Waals surface area (Å²) in [6.45, 7) is 6.09. The molecule has 2 unspecified atom stereocenters.